The van der Waals surface area contributed by atoms with E-state index in [1.165, 1.54) is 6.92 Å². The molecule has 0 aromatic carbocycles. The molecular weight excluding hydrogens is 475 g/mol. The molecule has 0 rings (SSSR count). The molecule has 0 heterocycles. The molecule has 10 heteroatoms. The normalized spacial score (nSPS) is 16.5. The quantitative estimate of drug-likeness (QED) is 0.0558. The van der Waals surface area contributed by atoms with Crippen molar-refractivity contribution >= 4 is 20.4 Å². The molecule has 0 N–H and O–H groups in total. The van der Waals surface area contributed by atoms with E-state index in [1.54, 1.807) is 0 Å². The van der Waals surface area contributed by atoms with E-state index in [1.807, 2.05) is 27.7 Å². The fraction of sp³-hybridized carbons (Fsp3) is 0.760. The van der Waals surface area contributed by atoms with Gasteiger partial charge in [-0.15, -0.1) is 0 Å². The standard InChI is InChI=1S/C25H43O9P/c1-8-14-18-29-24(7,33-22(16-10-3)31-20(26)12-5)25(35-28,30-19-15-9-2)34-23(17-11-4)32-21(27)13-6/h12-13,22-23H,5-6,8-11,14-19H2,1-4,7H3. The van der Waals surface area contributed by atoms with Crippen molar-refractivity contribution < 1.29 is 42.6 Å². The van der Waals surface area contributed by atoms with Gasteiger partial charge in [-0.2, -0.15) is 0 Å². The van der Waals surface area contributed by atoms with Crippen molar-refractivity contribution in [3.05, 3.63) is 25.3 Å². The molecule has 0 aliphatic heterocycles. The molecule has 0 bridgehead atoms. The maximum absolute atomic E-state index is 12.8. The van der Waals surface area contributed by atoms with Crippen molar-refractivity contribution in [1.82, 2.24) is 0 Å². The third-order valence-corrected chi connectivity index (χ3v) is 5.77. The molecule has 0 aromatic rings. The monoisotopic (exact) mass is 518 g/mol. The molecular formula is C25H43O9P. The molecule has 0 amide bonds. The van der Waals surface area contributed by atoms with E-state index in [2.05, 4.69) is 13.2 Å². The molecule has 0 fully saturated rings. The molecule has 4 unspecified atom stereocenters. The first-order valence-corrected chi connectivity index (χ1v) is 13.2. The second-order valence-corrected chi connectivity index (χ2v) is 8.75. The highest BCUT2D eigenvalue weighted by atomic mass is 31.1. The first-order chi connectivity index (χ1) is 16.7. The lowest BCUT2D eigenvalue weighted by atomic mass is 10.2. The van der Waals surface area contributed by atoms with Crippen molar-refractivity contribution in [1.29, 1.82) is 0 Å². The van der Waals surface area contributed by atoms with Crippen LogP contribution in [0.1, 0.15) is 86.0 Å². The summed E-state index contributed by atoms with van der Waals surface area (Å²) in [7, 11) is -0.626. The summed E-state index contributed by atoms with van der Waals surface area (Å²) in [6.07, 6.45) is 4.65. The summed E-state index contributed by atoms with van der Waals surface area (Å²) in [5.41, 5.74) is -2.04. The van der Waals surface area contributed by atoms with E-state index in [-0.39, 0.29) is 13.2 Å². The number of carbonyl (C=O) groups is 2. The molecule has 9 nitrogen and oxygen atoms in total. The zero-order valence-electron chi connectivity index (χ0n) is 21.9. The number of ether oxygens (including phenoxy) is 6. The second-order valence-electron chi connectivity index (χ2n) is 7.98. The Kier molecular flexibility index (Phi) is 17.7. The molecule has 35 heavy (non-hydrogen) atoms. The zero-order chi connectivity index (χ0) is 26.7. The van der Waals surface area contributed by atoms with Crippen LogP contribution in [-0.2, 0) is 42.6 Å². The van der Waals surface area contributed by atoms with Crippen LogP contribution in [0, 0.1) is 0 Å². The van der Waals surface area contributed by atoms with Gasteiger partial charge in [0.25, 0.3) is 0 Å². The van der Waals surface area contributed by atoms with Gasteiger partial charge in [0.2, 0.25) is 26.8 Å². The van der Waals surface area contributed by atoms with E-state index in [0.717, 1.165) is 25.0 Å². The van der Waals surface area contributed by atoms with Gasteiger partial charge in [-0.05, 0) is 19.8 Å². The predicted molar refractivity (Wildman–Crippen MR) is 133 cm³/mol. The number of hydrogen-bond acceptors (Lipinski definition) is 9. The van der Waals surface area contributed by atoms with Gasteiger partial charge in [0.15, 0.2) is 0 Å². The van der Waals surface area contributed by atoms with Crippen LogP contribution < -0.4 is 0 Å². The SMILES string of the molecule is C=CC(=O)OC(CCC)OC(C)(OCCCC)C(OCCCC)(OC(CCC)OC(=O)C=C)P=O. The van der Waals surface area contributed by atoms with Crippen LogP contribution in [0.2, 0.25) is 0 Å². The van der Waals surface area contributed by atoms with Crippen molar-refractivity contribution in [2.45, 2.75) is 110 Å². The van der Waals surface area contributed by atoms with Gasteiger partial charge >= 0.3 is 17.5 Å². The average Bonchev–Trinajstić information content (AvgIpc) is 2.83. The molecule has 202 valence electrons. The number of unbranched alkanes of at least 4 members (excludes halogenated alkanes) is 2. The molecule has 0 radical (unpaired) electrons. The van der Waals surface area contributed by atoms with Gasteiger partial charge < -0.3 is 23.7 Å². The Labute approximate surface area is 211 Å². The highest BCUT2D eigenvalue weighted by Gasteiger charge is 2.58. The number of carbonyl (C=O) groups excluding carboxylic acids is 2. The Balaban J connectivity index is 6.45. The fourth-order valence-electron chi connectivity index (χ4n) is 2.91. The summed E-state index contributed by atoms with van der Waals surface area (Å²) in [6, 6.07) is 0. The van der Waals surface area contributed by atoms with Gasteiger partial charge in [0.05, 0.1) is 13.2 Å². The average molecular weight is 519 g/mol. The van der Waals surface area contributed by atoms with Crippen LogP contribution in [0.3, 0.4) is 0 Å². The molecule has 0 aliphatic carbocycles. The summed E-state index contributed by atoms with van der Waals surface area (Å²) in [5, 5.41) is 0. The Morgan fingerprint density at radius 1 is 0.800 bits per heavy atom. The highest BCUT2D eigenvalue weighted by molar-refractivity contribution is 7.25. The number of rotatable bonds is 22. The van der Waals surface area contributed by atoms with Crippen LogP contribution in [0.5, 0.6) is 0 Å². The minimum absolute atomic E-state index is 0.168. The lowest BCUT2D eigenvalue weighted by molar-refractivity contribution is -0.412. The van der Waals surface area contributed by atoms with E-state index in [0.29, 0.717) is 38.5 Å². The Morgan fingerprint density at radius 2 is 1.26 bits per heavy atom. The van der Waals surface area contributed by atoms with Gasteiger partial charge in [-0.3, -0.25) is 9.30 Å². The Morgan fingerprint density at radius 3 is 1.66 bits per heavy atom. The Bertz CT molecular complexity index is 657. The van der Waals surface area contributed by atoms with E-state index >= 15 is 0 Å². The predicted octanol–water partition coefficient (Wildman–Crippen LogP) is 6.03. The maximum Gasteiger partial charge on any atom is 0.332 e. The fourth-order valence-corrected chi connectivity index (χ4v) is 3.50. The van der Waals surface area contributed by atoms with Gasteiger partial charge in [-0.1, -0.05) is 66.5 Å². The molecule has 0 spiro atoms. The van der Waals surface area contributed by atoms with Gasteiger partial charge in [-0.25, -0.2) is 9.59 Å². The van der Waals surface area contributed by atoms with Crippen molar-refractivity contribution in [2.75, 3.05) is 13.2 Å². The maximum atomic E-state index is 12.8. The third kappa shape index (κ3) is 11.8. The molecule has 0 saturated heterocycles. The lowest BCUT2D eigenvalue weighted by Gasteiger charge is -2.44. The first kappa shape index (κ1) is 33.4. The van der Waals surface area contributed by atoms with Crippen molar-refractivity contribution in [3.63, 3.8) is 0 Å². The van der Waals surface area contributed by atoms with Gasteiger partial charge in [0, 0.05) is 25.0 Å². The zero-order valence-corrected chi connectivity index (χ0v) is 22.8. The van der Waals surface area contributed by atoms with E-state index in [4.69, 9.17) is 28.4 Å². The minimum Gasteiger partial charge on any atom is -0.432 e. The highest BCUT2D eigenvalue weighted by Crippen LogP contribution is 2.44. The van der Waals surface area contributed by atoms with E-state index < -0.39 is 44.3 Å². The number of hydrogen-bond donors (Lipinski definition) is 0. The third-order valence-electron chi connectivity index (χ3n) is 4.89. The molecule has 0 saturated carbocycles. The summed E-state index contributed by atoms with van der Waals surface area (Å²) in [5.74, 6) is -3.19. The van der Waals surface area contributed by atoms with Crippen LogP contribution in [0.25, 0.3) is 0 Å². The van der Waals surface area contributed by atoms with Crippen LogP contribution in [-0.4, -0.2) is 49.0 Å². The summed E-state index contributed by atoms with van der Waals surface area (Å²) >= 11 is 0. The van der Waals surface area contributed by atoms with E-state index in [9.17, 15) is 14.2 Å². The smallest absolute Gasteiger partial charge is 0.332 e. The second kappa shape index (κ2) is 18.6. The summed E-state index contributed by atoms with van der Waals surface area (Å²) < 4.78 is 47.9. The summed E-state index contributed by atoms with van der Waals surface area (Å²) in [6.45, 7) is 16.5. The Hall–Kier alpha value is -1.64. The van der Waals surface area contributed by atoms with Crippen molar-refractivity contribution in [3.8, 4) is 0 Å². The van der Waals surface area contributed by atoms with Crippen LogP contribution in [0.4, 0.5) is 0 Å². The topological polar surface area (TPSA) is 107 Å². The first-order valence-electron chi connectivity index (χ1n) is 12.3. The van der Waals surface area contributed by atoms with Crippen LogP contribution in [0.15, 0.2) is 25.3 Å². The largest absolute Gasteiger partial charge is 0.432 e. The minimum atomic E-state index is -2.04. The van der Waals surface area contributed by atoms with Crippen LogP contribution >= 0.6 is 8.46 Å². The molecule has 0 aromatic heterocycles. The molecule has 4 atom stereocenters. The lowest BCUT2D eigenvalue weighted by Crippen LogP contribution is -2.59. The van der Waals surface area contributed by atoms with Crippen molar-refractivity contribution in [2.24, 2.45) is 0 Å². The number of esters is 2. The van der Waals surface area contributed by atoms with Gasteiger partial charge in [0.1, 0.15) is 0 Å². The molecule has 0 aliphatic rings. The summed E-state index contributed by atoms with van der Waals surface area (Å²) in [4.78, 5) is 23.9.